The molecule has 41 heavy (non-hydrogen) atoms. The van der Waals surface area contributed by atoms with Gasteiger partial charge in [0.2, 0.25) is 2.86 Å². The molecule has 0 unspecified atom stereocenters. The number of rotatable bonds is 3. The van der Waals surface area contributed by atoms with E-state index in [4.69, 9.17) is 25.7 Å². The Morgan fingerprint density at radius 2 is 1.41 bits per heavy atom. The monoisotopic (exact) mass is 572 g/mol. The van der Waals surface area contributed by atoms with Gasteiger partial charge >= 0.3 is 6.09 Å². The van der Waals surface area contributed by atoms with E-state index in [0.29, 0.717) is 22.1 Å². The van der Waals surface area contributed by atoms with Gasteiger partial charge in [0.1, 0.15) is 50.5 Å². The summed E-state index contributed by atoms with van der Waals surface area (Å²) in [5.41, 5.74) is 5.92. The lowest BCUT2D eigenvalue weighted by Gasteiger charge is -2.19. The highest BCUT2D eigenvalue weighted by Crippen LogP contribution is 2.10. The smallest absolute Gasteiger partial charge is 0.409 e. The van der Waals surface area contributed by atoms with Crippen molar-refractivity contribution in [3.63, 3.8) is 0 Å². The first kappa shape index (κ1) is 21.5. The number of hydrogen-bond acceptors (Lipinski definition) is 10. The number of hydrogen-bond donors (Lipinski definition) is 3. The molecule has 3 heterocycles. The van der Waals surface area contributed by atoms with Crippen molar-refractivity contribution < 1.29 is 33.1 Å². The minimum absolute atomic E-state index is 0.468. The first-order chi connectivity index (χ1) is 22.9. The molecular weight excluding hydrogens is 532 g/mol. The van der Waals surface area contributed by atoms with Crippen molar-refractivity contribution in [2.75, 3.05) is 0 Å². The number of nitrogens with one attached hydrogen (secondary N) is 2. The second-order valence-corrected chi connectivity index (χ2v) is 8.63. The molecule has 0 aliphatic heterocycles. The maximum atomic E-state index is 11.7. The molecule has 3 aromatic carbocycles. The summed E-state index contributed by atoms with van der Waals surface area (Å²) >= 11 is 0. The maximum absolute atomic E-state index is 11.7. The SMILES string of the molecule is [2H]C([2H])(NC(=O)OC(C)(C)C)n1nnc2ccccc21.[2H]C([2H])(O)n1nnc2ccccc21.[2H]C([2H])=O.[2H]O[2H].c1ccc2n[nH]nc2c1. The van der Waals surface area contributed by atoms with Crippen LogP contribution in [-0.2, 0) is 22.8 Å². The van der Waals surface area contributed by atoms with E-state index in [1.807, 2.05) is 24.3 Å². The molecule has 6 rings (SSSR count). The molecule has 1 amide bonds. The van der Waals surface area contributed by atoms with Gasteiger partial charge in [0.15, 0.2) is 0 Å². The summed E-state index contributed by atoms with van der Waals surface area (Å²) in [6, 6.07) is 21.4. The van der Waals surface area contributed by atoms with Crippen molar-refractivity contribution in [3.8, 4) is 0 Å². The van der Waals surface area contributed by atoms with Crippen molar-refractivity contribution in [1.29, 1.82) is 2.86 Å². The van der Waals surface area contributed by atoms with E-state index in [9.17, 15) is 4.79 Å². The lowest BCUT2D eigenvalue weighted by atomic mass is 10.2. The Bertz CT molecular complexity index is 1890. The summed E-state index contributed by atoms with van der Waals surface area (Å²) in [5, 5.41) is 36.3. The number of carbonyl (C=O) groups is 2. The molecule has 3 aromatic heterocycles. The molecule has 0 aliphatic carbocycles. The standard InChI is InChI=1S/C12H16N4O2.C7H7N3O.C6H5N3.CH2O.H2O/c1-12(2,3)18-11(17)13-8-16-10-7-5-4-6-9(10)14-15-16;11-5-10-7-4-2-1-3-6(7)8-9-10;1-2-4-6-5(3-1)7-9-8-6;1-2;/h4-7H,8H2,1-3H3,(H,13,17);1-4,11H,5H2;1-4H,(H,7,8,9);1H2;1H2/i8D2;5D2;;1D2;/hD2. The Hall–Kier alpha value is -5.28. The third-order valence-corrected chi connectivity index (χ3v) is 4.68. The van der Waals surface area contributed by atoms with Gasteiger partial charge in [0, 0.05) is 0 Å². The Morgan fingerprint density at radius 1 is 0.976 bits per heavy atom. The number of nitrogens with zero attached hydrogens (tertiary/aromatic N) is 8. The lowest BCUT2D eigenvalue weighted by molar-refractivity contribution is -0.0980. The highest BCUT2D eigenvalue weighted by Gasteiger charge is 2.16. The Labute approximate surface area is 245 Å². The zero-order valence-corrected chi connectivity index (χ0v) is 22.1. The molecule has 15 nitrogen and oxygen atoms in total. The lowest BCUT2D eigenvalue weighted by Crippen LogP contribution is -2.33. The fourth-order valence-electron chi connectivity index (χ4n) is 3.08. The highest BCUT2D eigenvalue weighted by atomic mass is 16.6. The molecule has 0 radical (unpaired) electrons. The second kappa shape index (κ2) is 15.3. The largest absolute Gasteiger partial charge is 0.444 e. The van der Waals surface area contributed by atoms with Crippen molar-refractivity contribution in [2.24, 2.45) is 0 Å². The summed E-state index contributed by atoms with van der Waals surface area (Å²) in [6.07, 6.45) is -0.859. The van der Waals surface area contributed by atoms with Crippen LogP contribution < -0.4 is 5.32 Å². The number of aromatic nitrogens is 9. The van der Waals surface area contributed by atoms with E-state index >= 15 is 0 Å². The first-order valence-corrected chi connectivity index (χ1v) is 11.6. The van der Waals surface area contributed by atoms with Crippen LogP contribution in [0, 0.1) is 0 Å². The average Bonchev–Trinajstić information content (AvgIpc) is 3.75. The van der Waals surface area contributed by atoms with Gasteiger partial charge in [-0.3, -0.25) is 0 Å². The topological polar surface area (TPSA) is 210 Å². The number of H-pyrrole nitrogens is 1. The van der Waals surface area contributed by atoms with Crippen LogP contribution in [0.5, 0.6) is 0 Å². The van der Waals surface area contributed by atoms with E-state index in [1.54, 1.807) is 69.3 Å². The van der Waals surface area contributed by atoms with Gasteiger partial charge in [0.25, 0.3) is 0 Å². The zero-order chi connectivity index (χ0) is 36.8. The van der Waals surface area contributed by atoms with Crippen LogP contribution in [-0.4, -0.2) is 77.3 Å². The molecule has 0 aliphatic rings. The van der Waals surface area contributed by atoms with Gasteiger partial charge in [0.05, 0.1) is 16.5 Å². The van der Waals surface area contributed by atoms with Crippen molar-refractivity contribution >= 4 is 45.9 Å². The quantitative estimate of drug-likeness (QED) is 0.281. The fourth-order valence-corrected chi connectivity index (χ4v) is 3.08. The predicted molar refractivity (Wildman–Crippen MR) is 151 cm³/mol. The molecule has 0 spiro atoms. The van der Waals surface area contributed by atoms with Crippen LogP contribution in [0.3, 0.4) is 0 Å². The summed E-state index contributed by atoms with van der Waals surface area (Å²) < 4.78 is 58.8. The molecule has 6 aromatic rings. The van der Waals surface area contributed by atoms with E-state index in [-0.39, 0.29) is 0 Å². The van der Waals surface area contributed by atoms with Gasteiger partial charge in [-0.05, 0) is 57.2 Å². The van der Waals surface area contributed by atoms with Crippen LogP contribution in [0.4, 0.5) is 4.79 Å². The molecule has 0 bridgehead atoms. The molecule has 0 atom stereocenters. The van der Waals surface area contributed by atoms with Gasteiger partial charge in [-0.15, -0.1) is 10.2 Å². The van der Waals surface area contributed by atoms with Crippen LogP contribution >= 0.6 is 0 Å². The fraction of sp³-hybridized carbons (Fsp3) is 0.231. The predicted octanol–water partition coefficient (Wildman–Crippen LogP) is 2.24. The van der Waals surface area contributed by atoms with E-state index in [1.165, 1.54) is 0 Å². The first-order valence-electron chi connectivity index (χ1n) is 15.4. The van der Waals surface area contributed by atoms with Gasteiger partial charge in [-0.1, -0.05) is 46.8 Å². The van der Waals surface area contributed by atoms with Crippen LogP contribution in [0.1, 0.15) is 29.0 Å². The summed E-state index contributed by atoms with van der Waals surface area (Å²) in [4.78, 5) is 20.4. The summed E-state index contributed by atoms with van der Waals surface area (Å²) in [6.45, 7) is -0.971. The minimum atomic E-state index is -2.50. The van der Waals surface area contributed by atoms with Crippen LogP contribution in [0.15, 0.2) is 72.8 Å². The summed E-state index contributed by atoms with van der Waals surface area (Å²) in [7, 11) is 0. The van der Waals surface area contributed by atoms with Gasteiger partial charge in [-0.2, -0.15) is 15.4 Å². The second-order valence-electron chi connectivity index (χ2n) is 8.63. The van der Waals surface area contributed by atoms with Gasteiger partial charge < -0.3 is 25.4 Å². The third-order valence-electron chi connectivity index (χ3n) is 4.68. The molecule has 5 N–H and O–H groups in total. The van der Waals surface area contributed by atoms with Gasteiger partial charge in [-0.25, -0.2) is 14.2 Å². The van der Waals surface area contributed by atoms with E-state index < -0.39 is 31.7 Å². The number of amides is 1. The minimum Gasteiger partial charge on any atom is -0.444 e. The number of alkyl carbamates (subject to hydrolysis) is 1. The molecule has 0 saturated heterocycles. The number of ether oxygens (including phenoxy) is 1. The Kier molecular flexibility index (Phi) is 8.06. The molecule has 0 saturated carbocycles. The number of carbonyl (C=O) groups excluding carboxylic acids is 2. The van der Waals surface area contributed by atoms with Crippen molar-refractivity contribution in [2.45, 2.75) is 39.7 Å². The molecular formula is C26H32N10O5. The zero-order valence-electron chi connectivity index (χ0n) is 30.1. The molecule has 15 heteroatoms. The Balaban J connectivity index is 0.000000246. The van der Waals surface area contributed by atoms with E-state index in [2.05, 4.69) is 46.8 Å². The van der Waals surface area contributed by atoms with Crippen molar-refractivity contribution in [1.82, 2.24) is 50.7 Å². The number of benzene rings is 3. The van der Waals surface area contributed by atoms with Crippen LogP contribution in [0.25, 0.3) is 33.1 Å². The number of aliphatic hydroxyl groups is 1. The van der Waals surface area contributed by atoms with Crippen LogP contribution in [0.2, 0.25) is 0 Å². The summed E-state index contributed by atoms with van der Waals surface area (Å²) in [5.74, 6) is 0. The van der Waals surface area contributed by atoms with E-state index in [0.717, 1.165) is 20.4 Å². The molecule has 216 valence electrons. The highest BCUT2D eigenvalue weighted by molar-refractivity contribution is 5.75. The number of para-hydroxylation sites is 4. The third kappa shape index (κ3) is 9.15. The average molecular weight is 573 g/mol. The number of fused-ring (bicyclic) bond motifs is 3. The van der Waals surface area contributed by atoms with Crippen molar-refractivity contribution in [3.05, 3.63) is 72.8 Å². The Morgan fingerprint density at radius 3 is 1.90 bits per heavy atom. The molecule has 0 fully saturated rings. The maximum Gasteiger partial charge on any atom is 0.409 e. The number of aromatic amines is 1. The normalized spacial score (nSPS) is 13.5.